The Bertz CT molecular complexity index is 907. The normalized spacial score (nSPS) is 11.3. The lowest BCUT2D eigenvalue weighted by Crippen LogP contribution is -2.25. The third-order valence-corrected chi connectivity index (χ3v) is 4.22. The molecule has 0 saturated heterocycles. The molecule has 0 atom stereocenters. The Morgan fingerprint density at radius 1 is 0.900 bits per heavy atom. The van der Waals surface area contributed by atoms with Gasteiger partial charge in [-0.15, -0.1) is 0 Å². The van der Waals surface area contributed by atoms with Gasteiger partial charge in [0.05, 0.1) is 0 Å². The fourth-order valence-electron chi connectivity index (χ4n) is 2.69. The summed E-state index contributed by atoms with van der Waals surface area (Å²) >= 11 is 0. The van der Waals surface area contributed by atoms with Crippen molar-refractivity contribution in [1.82, 2.24) is 10.8 Å². The van der Waals surface area contributed by atoms with Crippen LogP contribution in [0.5, 0.6) is 0 Å². The van der Waals surface area contributed by atoms with E-state index in [1.807, 2.05) is 0 Å². The van der Waals surface area contributed by atoms with Gasteiger partial charge in [0, 0.05) is 36.2 Å². The van der Waals surface area contributed by atoms with Gasteiger partial charge < -0.3 is 5.32 Å². The molecule has 5 nitrogen and oxygen atoms in total. The number of carbonyl (C=O) groups is 2. The van der Waals surface area contributed by atoms with Crippen LogP contribution in [0.1, 0.15) is 36.8 Å². The van der Waals surface area contributed by atoms with E-state index in [-0.39, 0.29) is 24.1 Å². The maximum Gasteiger partial charge on any atom is 0.251 e. The first-order chi connectivity index (χ1) is 14.3. The Hall–Kier alpha value is -3.20. The number of unbranched alkanes of at least 4 members (excludes halogenated alkanes) is 2. The summed E-state index contributed by atoms with van der Waals surface area (Å²) in [5.41, 5.74) is 1.02. The van der Waals surface area contributed by atoms with Crippen LogP contribution in [0.4, 0.5) is 17.6 Å². The number of rotatable bonds is 9. The summed E-state index contributed by atoms with van der Waals surface area (Å²) in [5, 5.41) is 11.0. The zero-order valence-electron chi connectivity index (χ0n) is 15.9. The Kier molecular flexibility index (Phi) is 8.54. The van der Waals surface area contributed by atoms with Gasteiger partial charge in [0.25, 0.3) is 5.91 Å². The summed E-state index contributed by atoms with van der Waals surface area (Å²) in [6.45, 7) is 0.215. The topological polar surface area (TPSA) is 78.4 Å². The molecule has 0 aromatic heterocycles. The van der Waals surface area contributed by atoms with Gasteiger partial charge in [-0.1, -0.05) is 18.6 Å². The van der Waals surface area contributed by atoms with Gasteiger partial charge in [-0.2, -0.15) is 0 Å². The molecule has 2 amide bonds. The molecule has 0 bridgehead atoms. The molecule has 9 heteroatoms. The van der Waals surface area contributed by atoms with Crippen LogP contribution < -0.4 is 10.8 Å². The molecule has 0 aliphatic carbocycles. The van der Waals surface area contributed by atoms with Crippen LogP contribution in [0.3, 0.4) is 0 Å². The summed E-state index contributed by atoms with van der Waals surface area (Å²) in [7, 11) is 0. The Labute approximate surface area is 170 Å². The average Bonchev–Trinajstić information content (AvgIpc) is 2.70. The third-order valence-electron chi connectivity index (χ3n) is 4.22. The van der Waals surface area contributed by atoms with Gasteiger partial charge in [0.1, 0.15) is 23.3 Å². The Morgan fingerprint density at radius 2 is 1.53 bits per heavy atom. The summed E-state index contributed by atoms with van der Waals surface area (Å²) in [6, 6.07) is 5.76. The molecule has 160 valence electrons. The van der Waals surface area contributed by atoms with Gasteiger partial charge in [-0.05, 0) is 36.6 Å². The lowest BCUT2D eigenvalue weighted by Gasteiger charge is -2.11. The smallest absolute Gasteiger partial charge is 0.251 e. The molecule has 0 aliphatic rings. The van der Waals surface area contributed by atoms with E-state index >= 15 is 0 Å². The highest BCUT2D eigenvalue weighted by Gasteiger charge is 2.16. The monoisotopic (exact) mass is 424 g/mol. The second-order valence-corrected chi connectivity index (χ2v) is 6.45. The minimum Gasteiger partial charge on any atom is -0.352 e. The fraction of sp³-hybridized carbons (Fsp3) is 0.238. The van der Waals surface area contributed by atoms with Crippen LogP contribution in [0.25, 0.3) is 11.6 Å². The highest BCUT2D eigenvalue weighted by atomic mass is 19.1. The SMILES string of the molecule is O=C(CCCCCNC(=O)/C(=C/c1c(F)cc(F)cc1F)c1ccc(F)cc1)NO. The first-order valence-corrected chi connectivity index (χ1v) is 9.15. The van der Waals surface area contributed by atoms with Gasteiger partial charge >= 0.3 is 0 Å². The number of amides is 2. The number of hydrogen-bond acceptors (Lipinski definition) is 3. The van der Waals surface area contributed by atoms with Crippen molar-refractivity contribution in [1.29, 1.82) is 0 Å². The van der Waals surface area contributed by atoms with Crippen LogP contribution >= 0.6 is 0 Å². The molecule has 2 rings (SSSR count). The maximum absolute atomic E-state index is 14.0. The predicted octanol–water partition coefficient (Wildman–Crippen LogP) is 3.97. The van der Waals surface area contributed by atoms with Crippen LogP contribution in [-0.4, -0.2) is 23.6 Å². The van der Waals surface area contributed by atoms with Gasteiger partial charge in [0.2, 0.25) is 5.91 Å². The van der Waals surface area contributed by atoms with Crippen LogP contribution in [0.15, 0.2) is 36.4 Å². The molecule has 0 spiro atoms. The van der Waals surface area contributed by atoms with Crippen molar-refractivity contribution < 1.29 is 32.4 Å². The number of nitrogens with one attached hydrogen (secondary N) is 2. The highest BCUT2D eigenvalue weighted by molar-refractivity contribution is 6.24. The summed E-state index contributed by atoms with van der Waals surface area (Å²) in [5.74, 6) is -5.17. The summed E-state index contributed by atoms with van der Waals surface area (Å²) < 4.78 is 54.4. The van der Waals surface area contributed by atoms with Crippen molar-refractivity contribution in [3.8, 4) is 0 Å². The quantitative estimate of drug-likeness (QED) is 0.142. The zero-order chi connectivity index (χ0) is 22.1. The Morgan fingerprint density at radius 3 is 2.13 bits per heavy atom. The largest absolute Gasteiger partial charge is 0.352 e. The molecule has 0 heterocycles. The molecule has 0 radical (unpaired) electrons. The number of hydrogen-bond donors (Lipinski definition) is 3. The molecule has 0 unspecified atom stereocenters. The number of benzene rings is 2. The average molecular weight is 424 g/mol. The van der Waals surface area contributed by atoms with E-state index in [2.05, 4.69) is 5.32 Å². The maximum atomic E-state index is 14.0. The minimum absolute atomic E-state index is 0.126. The summed E-state index contributed by atoms with van der Waals surface area (Å²) in [4.78, 5) is 23.5. The molecule has 2 aromatic carbocycles. The summed E-state index contributed by atoms with van der Waals surface area (Å²) in [6.07, 6.45) is 2.67. The van der Waals surface area contributed by atoms with E-state index in [1.165, 1.54) is 17.6 Å². The molecule has 0 fully saturated rings. The molecule has 2 aromatic rings. The number of hydroxylamine groups is 1. The van der Waals surface area contributed by atoms with E-state index in [9.17, 15) is 27.2 Å². The van der Waals surface area contributed by atoms with Gasteiger partial charge in [-0.3, -0.25) is 14.8 Å². The van der Waals surface area contributed by atoms with Gasteiger partial charge in [0.15, 0.2) is 0 Å². The zero-order valence-corrected chi connectivity index (χ0v) is 15.9. The lowest BCUT2D eigenvalue weighted by atomic mass is 10.0. The van der Waals surface area contributed by atoms with E-state index in [0.29, 0.717) is 31.4 Å². The second-order valence-electron chi connectivity index (χ2n) is 6.45. The second kappa shape index (κ2) is 11.1. The predicted molar refractivity (Wildman–Crippen MR) is 102 cm³/mol. The van der Waals surface area contributed by atoms with E-state index in [1.54, 1.807) is 0 Å². The van der Waals surface area contributed by atoms with Crippen molar-refractivity contribution in [2.75, 3.05) is 6.54 Å². The standard InChI is InChI=1S/C21H20F4N2O3/c22-14-7-5-13(6-8-14)16(12-17-18(24)10-15(23)11-19(17)25)21(29)26-9-3-1-2-4-20(28)27-30/h5-8,10-12,30H,1-4,9H2,(H,26,29)(H,27,28)/b16-12+. The lowest BCUT2D eigenvalue weighted by molar-refractivity contribution is -0.129. The van der Waals surface area contributed by atoms with Crippen molar-refractivity contribution in [2.24, 2.45) is 0 Å². The van der Waals surface area contributed by atoms with Crippen molar-refractivity contribution in [3.05, 3.63) is 70.8 Å². The van der Waals surface area contributed by atoms with Crippen molar-refractivity contribution >= 4 is 23.5 Å². The van der Waals surface area contributed by atoms with E-state index in [0.717, 1.165) is 18.2 Å². The molecule has 30 heavy (non-hydrogen) atoms. The number of halogens is 4. The fourth-order valence-corrected chi connectivity index (χ4v) is 2.69. The molecule has 0 saturated carbocycles. The highest BCUT2D eigenvalue weighted by Crippen LogP contribution is 2.23. The molecular weight excluding hydrogens is 404 g/mol. The Balaban J connectivity index is 2.16. The first-order valence-electron chi connectivity index (χ1n) is 9.15. The molecule has 0 aliphatic heterocycles. The van der Waals surface area contributed by atoms with Gasteiger partial charge in [-0.25, -0.2) is 23.0 Å². The third kappa shape index (κ3) is 6.70. The van der Waals surface area contributed by atoms with Crippen LogP contribution in [-0.2, 0) is 9.59 Å². The minimum atomic E-state index is -1.18. The molecule has 3 N–H and O–H groups in total. The van der Waals surface area contributed by atoms with E-state index < -0.39 is 40.6 Å². The van der Waals surface area contributed by atoms with Crippen LogP contribution in [0, 0.1) is 23.3 Å². The van der Waals surface area contributed by atoms with E-state index in [4.69, 9.17) is 5.21 Å². The number of carbonyl (C=O) groups excluding carboxylic acids is 2. The van der Waals surface area contributed by atoms with Crippen molar-refractivity contribution in [3.63, 3.8) is 0 Å². The first kappa shape index (κ1) is 23.1. The van der Waals surface area contributed by atoms with Crippen molar-refractivity contribution in [2.45, 2.75) is 25.7 Å². The molecular formula is C21H20F4N2O3. The van der Waals surface area contributed by atoms with Crippen LogP contribution in [0.2, 0.25) is 0 Å².